The van der Waals surface area contributed by atoms with Crippen LogP contribution in [0.5, 0.6) is 0 Å². The van der Waals surface area contributed by atoms with Crippen LogP contribution in [-0.2, 0) is 4.79 Å². The number of rotatable bonds is 3. The number of benzene rings is 1. The Kier molecular flexibility index (Phi) is 3.74. The van der Waals surface area contributed by atoms with Crippen molar-refractivity contribution in [1.29, 1.82) is 0 Å². The van der Waals surface area contributed by atoms with E-state index in [1.54, 1.807) is 12.1 Å². The van der Waals surface area contributed by atoms with Crippen molar-refractivity contribution in [3.05, 3.63) is 23.2 Å². The van der Waals surface area contributed by atoms with Crippen LogP contribution in [0.4, 0.5) is 11.4 Å². The average molecular weight is 283 g/mol. The van der Waals surface area contributed by atoms with Gasteiger partial charge in [0.1, 0.15) is 0 Å². The van der Waals surface area contributed by atoms with Crippen molar-refractivity contribution in [1.82, 2.24) is 0 Å². The quantitative estimate of drug-likeness (QED) is 0.799. The highest BCUT2D eigenvalue weighted by Gasteiger charge is 2.47. The second-order valence-electron chi connectivity index (χ2n) is 5.65. The van der Waals surface area contributed by atoms with E-state index in [0.29, 0.717) is 10.7 Å². The third-order valence-electron chi connectivity index (χ3n) is 3.84. The fraction of sp³-hybridized carbons (Fsp3) is 0.500. The fourth-order valence-corrected chi connectivity index (χ4v) is 2.47. The largest absolute Gasteiger partial charge is 0.392 e. The molecule has 1 aromatic rings. The Morgan fingerprint density at radius 1 is 1.47 bits per heavy atom. The van der Waals surface area contributed by atoms with Gasteiger partial charge in [0.05, 0.1) is 16.8 Å². The molecule has 0 spiro atoms. The minimum absolute atomic E-state index is 0.136. The number of halogens is 1. The first-order valence-corrected chi connectivity index (χ1v) is 6.70. The molecular formula is C14H19ClN2O2. The fourth-order valence-electron chi connectivity index (χ4n) is 2.24. The molecule has 2 unspecified atom stereocenters. The third kappa shape index (κ3) is 2.85. The molecule has 104 valence electrons. The van der Waals surface area contributed by atoms with Gasteiger partial charge in [-0.15, -0.1) is 0 Å². The smallest absolute Gasteiger partial charge is 0.221 e. The van der Waals surface area contributed by atoms with E-state index in [0.717, 1.165) is 12.1 Å². The van der Waals surface area contributed by atoms with Crippen molar-refractivity contribution in [2.45, 2.75) is 39.3 Å². The molecule has 1 aliphatic rings. The molecule has 4 nitrogen and oxygen atoms in total. The van der Waals surface area contributed by atoms with Crippen LogP contribution in [-0.4, -0.2) is 23.2 Å². The lowest BCUT2D eigenvalue weighted by atomic mass is 9.64. The predicted octanol–water partition coefficient (Wildman–Crippen LogP) is 2.87. The summed E-state index contributed by atoms with van der Waals surface area (Å²) >= 11 is 6.11. The van der Waals surface area contributed by atoms with Crippen LogP contribution in [0.25, 0.3) is 0 Å². The van der Waals surface area contributed by atoms with Crippen LogP contribution < -0.4 is 10.6 Å². The molecule has 3 N–H and O–H groups in total. The van der Waals surface area contributed by atoms with Crippen LogP contribution in [0.3, 0.4) is 0 Å². The van der Waals surface area contributed by atoms with Crippen molar-refractivity contribution < 1.29 is 9.90 Å². The lowest BCUT2D eigenvalue weighted by molar-refractivity contribution is -0.114. The van der Waals surface area contributed by atoms with Crippen molar-refractivity contribution >= 4 is 28.9 Å². The van der Waals surface area contributed by atoms with Crippen molar-refractivity contribution in [3.63, 3.8) is 0 Å². The predicted molar refractivity (Wildman–Crippen MR) is 77.6 cm³/mol. The van der Waals surface area contributed by atoms with E-state index in [1.807, 2.05) is 19.9 Å². The number of carbonyl (C=O) groups is 1. The van der Waals surface area contributed by atoms with E-state index in [1.165, 1.54) is 6.92 Å². The van der Waals surface area contributed by atoms with E-state index < -0.39 is 0 Å². The summed E-state index contributed by atoms with van der Waals surface area (Å²) in [6.45, 7) is 5.51. The summed E-state index contributed by atoms with van der Waals surface area (Å²) in [7, 11) is 0. The lowest BCUT2D eigenvalue weighted by Gasteiger charge is -2.49. The Hall–Kier alpha value is -1.26. The maximum absolute atomic E-state index is 11.0. The lowest BCUT2D eigenvalue weighted by Crippen LogP contribution is -2.56. The molecule has 0 aliphatic heterocycles. The monoisotopic (exact) mass is 282 g/mol. The van der Waals surface area contributed by atoms with Gasteiger partial charge in [0.25, 0.3) is 0 Å². The Bertz CT molecular complexity index is 502. The number of hydrogen-bond acceptors (Lipinski definition) is 3. The van der Waals surface area contributed by atoms with E-state index in [9.17, 15) is 9.90 Å². The topological polar surface area (TPSA) is 61.4 Å². The summed E-state index contributed by atoms with van der Waals surface area (Å²) in [5.74, 6) is -0.147. The van der Waals surface area contributed by atoms with Crippen LogP contribution >= 0.6 is 11.6 Å². The van der Waals surface area contributed by atoms with Crippen LogP contribution in [0.1, 0.15) is 27.2 Å². The molecule has 0 saturated heterocycles. The third-order valence-corrected chi connectivity index (χ3v) is 4.15. The summed E-state index contributed by atoms with van der Waals surface area (Å²) in [6.07, 6.45) is 0.469. The van der Waals surface area contributed by atoms with E-state index >= 15 is 0 Å². The molecule has 1 amide bonds. The summed E-state index contributed by atoms with van der Waals surface area (Å²) in [5.41, 5.74) is 1.36. The molecule has 0 bridgehead atoms. The Morgan fingerprint density at radius 2 is 2.16 bits per heavy atom. The van der Waals surface area contributed by atoms with Crippen LogP contribution in [0, 0.1) is 5.41 Å². The minimum atomic E-state index is -0.265. The first-order chi connectivity index (χ1) is 8.80. The van der Waals surface area contributed by atoms with E-state index in [2.05, 4.69) is 10.6 Å². The molecule has 5 heteroatoms. The van der Waals surface area contributed by atoms with Crippen molar-refractivity contribution in [2.75, 3.05) is 10.6 Å². The molecule has 0 radical (unpaired) electrons. The average Bonchev–Trinajstić information content (AvgIpc) is 2.32. The molecule has 0 heterocycles. The molecule has 19 heavy (non-hydrogen) atoms. The highest BCUT2D eigenvalue weighted by atomic mass is 35.5. The van der Waals surface area contributed by atoms with E-state index in [4.69, 9.17) is 11.6 Å². The van der Waals surface area contributed by atoms with Crippen molar-refractivity contribution in [2.24, 2.45) is 5.41 Å². The molecule has 2 atom stereocenters. The number of hydrogen-bond donors (Lipinski definition) is 3. The second kappa shape index (κ2) is 5.02. The molecule has 2 rings (SSSR count). The zero-order chi connectivity index (χ0) is 14.2. The second-order valence-corrected chi connectivity index (χ2v) is 6.05. The summed E-state index contributed by atoms with van der Waals surface area (Å²) in [5, 5.41) is 16.2. The maximum Gasteiger partial charge on any atom is 0.221 e. The number of aliphatic hydroxyl groups excluding tert-OH is 1. The minimum Gasteiger partial charge on any atom is -0.392 e. The molecule has 1 fully saturated rings. The zero-order valence-corrected chi connectivity index (χ0v) is 12.1. The molecule has 1 saturated carbocycles. The van der Waals surface area contributed by atoms with Gasteiger partial charge in [-0.1, -0.05) is 25.4 Å². The summed E-state index contributed by atoms with van der Waals surface area (Å²) in [6, 6.07) is 5.66. The first kappa shape index (κ1) is 14.2. The summed E-state index contributed by atoms with van der Waals surface area (Å²) < 4.78 is 0. The Morgan fingerprint density at radius 3 is 2.63 bits per heavy atom. The van der Waals surface area contributed by atoms with Gasteiger partial charge in [0, 0.05) is 24.1 Å². The number of carbonyl (C=O) groups excluding carboxylic acids is 1. The standard InChI is InChI=1S/C14H19ClN2O2/c1-8(18)16-11-5-4-9(6-10(11)15)17-12-7-13(19)14(12,2)3/h4-6,12-13,17,19H,7H2,1-3H3,(H,16,18). The molecular weight excluding hydrogens is 264 g/mol. The Balaban J connectivity index is 2.07. The Labute approximate surface area is 118 Å². The molecule has 1 aliphatic carbocycles. The maximum atomic E-state index is 11.0. The van der Waals surface area contributed by atoms with Gasteiger partial charge < -0.3 is 15.7 Å². The van der Waals surface area contributed by atoms with Crippen LogP contribution in [0.2, 0.25) is 5.02 Å². The van der Waals surface area contributed by atoms with Gasteiger partial charge in [-0.25, -0.2) is 0 Å². The van der Waals surface area contributed by atoms with Gasteiger partial charge in [0.15, 0.2) is 0 Å². The van der Waals surface area contributed by atoms with Gasteiger partial charge in [-0.3, -0.25) is 4.79 Å². The van der Waals surface area contributed by atoms with Gasteiger partial charge in [0.2, 0.25) is 5.91 Å². The SMILES string of the molecule is CC(=O)Nc1ccc(NC2CC(O)C2(C)C)cc1Cl. The molecule has 0 aromatic heterocycles. The normalized spacial score (nSPS) is 24.5. The van der Waals surface area contributed by atoms with Crippen LogP contribution in [0.15, 0.2) is 18.2 Å². The van der Waals surface area contributed by atoms with Crippen molar-refractivity contribution in [3.8, 4) is 0 Å². The highest BCUT2D eigenvalue weighted by molar-refractivity contribution is 6.34. The highest BCUT2D eigenvalue weighted by Crippen LogP contribution is 2.42. The first-order valence-electron chi connectivity index (χ1n) is 6.32. The van der Waals surface area contributed by atoms with Gasteiger partial charge in [-0.2, -0.15) is 0 Å². The van der Waals surface area contributed by atoms with E-state index in [-0.39, 0.29) is 23.5 Å². The van der Waals surface area contributed by atoms with Gasteiger partial charge >= 0.3 is 0 Å². The summed E-state index contributed by atoms with van der Waals surface area (Å²) in [4.78, 5) is 11.0. The number of aliphatic hydroxyl groups is 1. The number of anilines is 2. The number of nitrogens with one attached hydrogen (secondary N) is 2. The zero-order valence-electron chi connectivity index (χ0n) is 11.3. The molecule has 1 aromatic carbocycles. The van der Waals surface area contributed by atoms with Gasteiger partial charge in [-0.05, 0) is 24.6 Å². The number of amides is 1.